The first-order valence-corrected chi connectivity index (χ1v) is 14.2. The third-order valence-electron chi connectivity index (χ3n) is 6.09. The molecule has 3 amide bonds. The fourth-order valence-corrected chi connectivity index (χ4v) is 4.33. The number of amides is 3. The standard InChI is InChI=1S/C27H46N4O4S/c1-17(2)14-22(30-26(34)21(28)12-13-36-6)23(32)15-19(5)25(33)31-24(18(3)4)27(35)29-16-20-10-8-7-9-11-20/h7-11,17-19,21-24,32H,12-16,28H2,1-6H3,(H,29,35)(H,30,34)(H,31,33)/t19-,21+,22+,23+,24+/m1/s1. The second-order valence-electron chi connectivity index (χ2n) is 10.3. The van der Waals surface area contributed by atoms with Crippen LogP contribution in [0.25, 0.3) is 0 Å². The summed E-state index contributed by atoms with van der Waals surface area (Å²) in [6, 6.07) is 7.73. The number of carbonyl (C=O) groups is 3. The van der Waals surface area contributed by atoms with Crippen molar-refractivity contribution in [3.8, 4) is 0 Å². The lowest BCUT2D eigenvalue weighted by molar-refractivity contribution is -0.132. The summed E-state index contributed by atoms with van der Waals surface area (Å²) < 4.78 is 0. The van der Waals surface area contributed by atoms with Crippen LogP contribution in [-0.2, 0) is 20.9 Å². The number of benzene rings is 1. The number of nitrogens with one attached hydrogen (secondary N) is 3. The Morgan fingerprint density at radius 1 is 0.944 bits per heavy atom. The molecule has 1 aromatic rings. The fraction of sp³-hybridized carbons (Fsp3) is 0.667. The molecule has 204 valence electrons. The van der Waals surface area contributed by atoms with Gasteiger partial charge in [-0.25, -0.2) is 0 Å². The summed E-state index contributed by atoms with van der Waals surface area (Å²) in [6.45, 7) is 9.87. The molecule has 9 heteroatoms. The van der Waals surface area contributed by atoms with E-state index in [1.165, 1.54) is 0 Å². The maximum Gasteiger partial charge on any atom is 0.243 e. The summed E-state index contributed by atoms with van der Waals surface area (Å²) in [5, 5.41) is 19.6. The summed E-state index contributed by atoms with van der Waals surface area (Å²) in [6.07, 6.45) is 2.31. The van der Waals surface area contributed by atoms with Crippen LogP contribution in [0, 0.1) is 17.8 Å². The van der Waals surface area contributed by atoms with Crippen LogP contribution in [0.3, 0.4) is 0 Å². The van der Waals surface area contributed by atoms with Gasteiger partial charge in [0.1, 0.15) is 6.04 Å². The van der Waals surface area contributed by atoms with Gasteiger partial charge in [0, 0.05) is 12.5 Å². The van der Waals surface area contributed by atoms with Crippen LogP contribution in [0.1, 0.15) is 59.4 Å². The van der Waals surface area contributed by atoms with Gasteiger partial charge in [-0.1, -0.05) is 65.0 Å². The highest BCUT2D eigenvalue weighted by atomic mass is 32.2. The Labute approximate surface area is 220 Å². The zero-order valence-electron chi connectivity index (χ0n) is 22.6. The van der Waals surface area contributed by atoms with E-state index in [2.05, 4.69) is 16.0 Å². The first-order chi connectivity index (χ1) is 17.0. The molecular weight excluding hydrogens is 476 g/mol. The van der Waals surface area contributed by atoms with E-state index in [1.807, 2.05) is 64.3 Å². The van der Waals surface area contributed by atoms with Gasteiger partial charge in [0.05, 0.1) is 18.2 Å². The van der Waals surface area contributed by atoms with Crippen LogP contribution in [0.4, 0.5) is 0 Å². The maximum absolute atomic E-state index is 13.0. The number of aliphatic hydroxyl groups excluding tert-OH is 1. The average Bonchev–Trinajstić information content (AvgIpc) is 2.83. The Bertz CT molecular complexity index is 806. The number of thioether (sulfide) groups is 1. The maximum atomic E-state index is 13.0. The quantitative estimate of drug-likeness (QED) is 0.226. The summed E-state index contributed by atoms with van der Waals surface area (Å²) >= 11 is 1.62. The second kappa shape index (κ2) is 16.6. The van der Waals surface area contributed by atoms with Crippen LogP contribution in [0.15, 0.2) is 30.3 Å². The molecule has 0 bridgehead atoms. The van der Waals surface area contributed by atoms with Gasteiger partial charge in [0.25, 0.3) is 0 Å². The molecule has 0 aliphatic rings. The number of hydrogen-bond donors (Lipinski definition) is 5. The SMILES string of the molecule is CSCC[C@H](N)C(=O)N[C@@H](CC(C)C)[C@@H](O)C[C@@H](C)C(=O)N[C@H](C(=O)NCc1ccccc1)C(C)C. The van der Waals surface area contributed by atoms with Gasteiger partial charge in [-0.2, -0.15) is 11.8 Å². The molecule has 0 aliphatic carbocycles. The number of carbonyl (C=O) groups excluding carboxylic acids is 3. The molecule has 0 radical (unpaired) electrons. The minimum absolute atomic E-state index is 0.113. The molecule has 0 spiro atoms. The molecule has 0 saturated carbocycles. The topological polar surface area (TPSA) is 134 Å². The van der Waals surface area contributed by atoms with E-state index in [1.54, 1.807) is 18.7 Å². The lowest BCUT2D eigenvalue weighted by Gasteiger charge is -2.29. The van der Waals surface area contributed by atoms with Gasteiger partial charge >= 0.3 is 0 Å². The fourth-order valence-electron chi connectivity index (χ4n) is 3.84. The Kier molecular flexibility index (Phi) is 14.7. The Morgan fingerprint density at radius 2 is 1.58 bits per heavy atom. The zero-order chi connectivity index (χ0) is 27.3. The number of hydrogen-bond acceptors (Lipinski definition) is 6. The van der Waals surface area contributed by atoms with E-state index in [-0.39, 0.29) is 36.0 Å². The molecule has 6 N–H and O–H groups in total. The van der Waals surface area contributed by atoms with Gasteiger partial charge in [0.2, 0.25) is 17.7 Å². The third-order valence-corrected chi connectivity index (χ3v) is 6.73. The molecule has 5 atom stereocenters. The van der Waals surface area contributed by atoms with Gasteiger partial charge in [-0.3, -0.25) is 14.4 Å². The first-order valence-electron chi connectivity index (χ1n) is 12.8. The highest BCUT2D eigenvalue weighted by Gasteiger charge is 2.30. The summed E-state index contributed by atoms with van der Waals surface area (Å²) in [5.41, 5.74) is 6.97. The summed E-state index contributed by atoms with van der Waals surface area (Å²) in [4.78, 5) is 38.3. The predicted molar refractivity (Wildman–Crippen MR) is 147 cm³/mol. The van der Waals surface area contributed by atoms with Crippen molar-refractivity contribution >= 4 is 29.5 Å². The highest BCUT2D eigenvalue weighted by Crippen LogP contribution is 2.17. The van der Waals surface area contributed by atoms with Crippen LogP contribution in [0.2, 0.25) is 0 Å². The molecule has 0 aliphatic heterocycles. The minimum atomic E-state index is -0.922. The zero-order valence-corrected chi connectivity index (χ0v) is 23.4. The van der Waals surface area contributed by atoms with Crippen molar-refractivity contribution in [1.29, 1.82) is 0 Å². The smallest absolute Gasteiger partial charge is 0.243 e. The molecule has 0 fully saturated rings. The van der Waals surface area contributed by atoms with Gasteiger partial charge in [0.15, 0.2) is 0 Å². The molecule has 36 heavy (non-hydrogen) atoms. The molecular formula is C27H46N4O4S. The largest absolute Gasteiger partial charge is 0.391 e. The van der Waals surface area contributed by atoms with Crippen molar-refractivity contribution in [3.05, 3.63) is 35.9 Å². The van der Waals surface area contributed by atoms with E-state index in [4.69, 9.17) is 5.73 Å². The van der Waals surface area contributed by atoms with E-state index >= 15 is 0 Å². The first kappa shape index (κ1) is 31.9. The molecule has 8 nitrogen and oxygen atoms in total. The van der Waals surface area contributed by atoms with Crippen molar-refractivity contribution in [1.82, 2.24) is 16.0 Å². The lowest BCUT2D eigenvalue weighted by Crippen LogP contribution is -2.52. The van der Waals surface area contributed by atoms with Crippen LogP contribution in [0.5, 0.6) is 0 Å². The molecule has 1 aromatic carbocycles. The Morgan fingerprint density at radius 3 is 2.14 bits per heavy atom. The van der Waals surface area contributed by atoms with Crippen molar-refractivity contribution in [3.63, 3.8) is 0 Å². The molecule has 0 saturated heterocycles. The summed E-state index contributed by atoms with van der Waals surface area (Å²) in [7, 11) is 0. The third kappa shape index (κ3) is 11.8. The van der Waals surface area contributed by atoms with Crippen molar-refractivity contribution < 1.29 is 19.5 Å². The van der Waals surface area contributed by atoms with Crippen molar-refractivity contribution in [2.45, 2.75) is 84.7 Å². The van der Waals surface area contributed by atoms with Crippen LogP contribution in [-0.4, -0.2) is 59.1 Å². The highest BCUT2D eigenvalue weighted by molar-refractivity contribution is 7.98. The van der Waals surface area contributed by atoms with Crippen LogP contribution < -0.4 is 21.7 Å². The van der Waals surface area contributed by atoms with Gasteiger partial charge in [-0.05, 0) is 48.7 Å². The predicted octanol–water partition coefficient (Wildman–Crippen LogP) is 2.44. The number of rotatable bonds is 16. The van der Waals surface area contributed by atoms with Gasteiger partial charge < -0.3 is 26.8 Å². The van der Waals surface area contributed by atoms with E-state index in [9.17, 15) is 19.5 Å². The lowest BCUT2D eigenvalue weighted by atomic mass is 9.91. The molecule has 0 unspecified atom stereocenters. The second-order valence-corrected chi connectivity index (χ2v) is 11.3. The van der Waals surface area contributed by atoms with Crippen LogP contribution >= 0.6 is 11.8 Å². The monoisotopic (exact) mass is 522 g/mol. The van der Waals surface area contributed by atoms with E-state index < -0.39 is 30.1 Å². The normalized spacial score (nSPS) is 15.6. The Hall–Kier alpha value is -2.10. The van der Waals surface area contributed by atoms with Gasteiger partial charge in [-0.15, -0.1) is 0 Å². The van der Waals surface area contributed by atoms with E-state index in [0.29, 0.717) is 19.4 Å². The number of aliphatic hydroxyl groups is 1. The number of nitrogens with two attached hydrogens (primary N) is 1. The average molecular weight is 523 g/mol. The molecule has 1 rings (SSSR count). The minimum Gasteiger partial charge on any atom is -0.391 e. The summed E-state index contributed by atoms with van der Waals surface area (Å²) in [5.74, 6) is -0.513. The molecule has 0 aromatic heterocycles. The molecule has 0 heterocycles. The Balaban J connectivity index is 2.73. The van der Waals surface area contributed by atoms with Crippen molar-refractivity contribution in [2.75, 3.05) is 12.0 Å². The van der Waals surface area contributed by atoms with E-state index in [0.717, 1.165) is 11.3 Å². The van der Waals surface area contributed by atoms with Crippen molar-refractivity contribution in [2.24, 2.45) is 23.5 Å².